The van der Waals surface area contributed by atoms with Crippen LogP contribution in [0.4, 0.5) is 0 Å². The van der Waals surface area contributed by atoms with Crippen LogP contribution in [0.15, 0.2) is 12.4 Å². The summed E-state index contributed by atoms with van der Waals surface area (Å²) in [6, 6.07) is -0.432. The largest absolute Gasteiger partial charge is 0.467 e. The fourth-order valence-corrected chi connectivity index (χ4v) is 1.86. The van der Waals surface area contributed by atoms with E-state index in [2.05, 4.69) is 5.10 Å². The second-order valence-corrected chi connectivity index (χ2v) is 4.23. The molecule has 2 rings (SSSR count). The van der Waals surface area contributed by atoms with E-state index in [4.69, 9.17) is 9.47 Å². The quantitative estimate of drug-likeness (QED) is 0.736. The fraction of sp³-hybridized carbons (Fsp3) is 0.583. The summed E-state index contributed by atoms with van der Waals surface area (Å²) in [5.74, 6) is -0.494. The maximum Gasteiger partial charge on any atom is 0.341 e. The Morgan fingerprint density at radius 3 is 2.83 bits per heavy atom. The highest BCUT2D eigenvalue weighted by atomic mass is 16.5. The average Bonchev–Trinajstić information content (AvgIpc) is 3.06. The van der Waals surface area contributed by atoms with Gasteiger partial charge in [0.25, 0.3) is 0 Å². The van der Waals surface area contributed by atoms with Gasteiger partial charge in [0, 0.05) is 6.20 Å². The maximum atomic E-state index is 11.7. The summed E-state index contributed by atoms with van der Waals surface area (Å²) in [6.45, 7) is 2.05. The lowest BCUT2D eigenvalue weighted by Crippen LogP contribution is -2.23. The SMILES string of the molecule is CCOC(=O)c1cnn(C(C(=O)OC)C2CC2)c1. The monoisotopic (exact) mass is 252 g/mol. The van der Waals surface area contributed by atoms with E-state index in [0.29, 0.717) is 12.2 Å². The zero-order valence-corrected chi connectivity index (χ0v) is 10.5. The van der Waals surface area contributed by atoms with Crippen molar-refractivity contribution in [3.8, 4) is 0 Å². The summed E-state index contributed by atoms with van der Waals surface area (Å²) in [6.07, 6.45) is 4.91. The van der Waals surface area contributed by atoms with Crippen LogP contribution in [-0.4, -0.2) is 35.4 Å². The number of ether oxygens (including phenoxy) is 2. The van der Waals surface area contributed by atoms with Crippen molar-refractivity contribution in [1.29, 1.82) is 0 Å². The number of methoxy groups -OCH3 is 1. The number of esters is 2. The Hall–Kier alpha value is -1.85. The lowest BCUT2D eigenvalue weighted by Gasteiger charge is -2.13. The molecule has 0 saturated heterocycles. The van der Waals surface area contributed by atoms with E-state index in [9.17, 15) is 9.59 Å². The van der Waals surface area contributed by atoms with Gasteiger partial charge in [0.05, 0.1) is 25.5 Å². The molecule has 1 unspecified atom stereocenters. The van der Waals surface area contributed by atoms with Crippen molar-refractivity contribution in [2.75, 3.05) is 13.7 Å². The van der Waals surface area contributed by atoms with Gasteiger partial charge < -0.3 is 9.47 Å². The van der Waals surface area contributed by atoms with Crippen LogP contribution in [0.3, 0.4) is 0 Å². The Morgan fingerprint density at radius 2 is 2.28 bits per heavy atom. The predicted octanol–water partition coefficient (Wildman–Crippen LogP) is 1.18. The normalized spacial score (nSPS) is 16.1. The van der Waals surface area contributed by atoms with Crippen LogP contribution in [0, 0.1) is 5.92 Å². The minimum atomic E-state index is -0.432. The van der Waals surface area contributed by atoms with Gasteiger partial charge in [0.2, 0.25) is 0 Å². The van der Waals surface area contributed by atoms with Crippen molar-refractivity contribution in [2.45, 2.75) is 25.8 Å². The van der Waals surface area contributed by atoms with Gasteiger partial charge in [-0.25, -0.2) is 9.59 Å². The molecule has 6 nitrogen and oxygen atoms in total. The Morgan fingerprint density at radius 1 is 1.56 bits per heavy atom. The standard InChI is InChI=1S/C12H16N2O4/c1-3-18-11(15)9-6-13-14(7-9)10(8-4-5-8)12(16)17-2/h6-8,10H,3-5H2,1-2H3. The van der Waals surface area contributed by atoms with Gasteiger partial charge in [-0.15, -0.1) is 0 Å². The van der Waals surface area contributed by atoms with Crippen LogP contribution in [0.25, 0.3) is 0 Å². The molecule has 1 aliphatic carbocycles. The summed E-state index contributed by atoms with van der Waals surface area (Å²) in [5, 5.41) is 4.07. The molecule has 0 bridgehead atoms. The molecule has 1 heterocycles. The molecule has 6 heteroatoms. The molecule has 98 valence electrons. The smallest absolute Gasteiger partial charge is 0.341 e. The fourth-order valence-electron chi connectivity index (χ4n) is 1.86. The number of nitrogens with zero attached hydrogens (tertiary/aromatic N) is 2. The molecule has 1 fully saturated rings. The average molecular weight is 252 g/mol. The van der Waals surface area contributed by atoms with E-state index in [0.717, 1.165) is 12.8 Å². The minimum absolute atomic E-state index is 0.257. The number of carbonyl (C=O) groups excluding carboxylic acids is 2. The van der Waals surface area contributed by atoms with Crippen molar-refractivity contribution in [2.24, 2.45) is 5.92 Å². The molecular formula is C12H16N2O4. The lowest BCUT2D eigenvalue weighted by atomic mass is 10.2. The molecule has 0 spiro atoms. The van der Waals surface area contributed by atoms with Crippen LogP contribution in [-0.2, 0) is 14.3 Å². The summed E-state index contributed by atoms with van der Waals surface area (Å²) >= 11 is 0. The molecule has 0 N–H and O–H groups in total. The van der Waals surface area contributed by atoms with Crippen LogP contribution in [0.2, 0.25) is 0 Å². The first-order chi connectivity index (χ1) is 8.67. The Balaban J connectivity index is 2.16. The molecule has 0 amide bonds. The van der Waals surface area contributed by atoms with Crippen molar-refractivity contribution in [1.82, 2.24) is 9.78 Å². The van der Waals surface area contributed by atoms with Gasteiger partial charge >= 0.3 is 11.9 Å². The van der Waals surface area contributed by atoms with Crippen LogP contribution in [0.5, 0.6) is 0 Å². The molecule has 1 atom stereocenters. The van der Waals surface area contributed by atoms with Crippen molar-refractivity contribution >= 4 is 11.9 Å². The van der Waals surface area contributed by atoms with E-state index in [-0.39, 0.29) is 11.9 Å². The van der Waals surface area contributed by atoms with Gasteiger partial charge in [-0.2, -0.15) is 5.10 Å². The van der Waals surface area contributed by atoms with E-state index < -0.39 is 12.0 Å². The summed E-state index contributed by atoms with van der Waals surface area (Å²) < 4.78 is 11.1. The highest BCUT2D eigenvalue weighted by Gasteiger charge is 2.39. The van der Waals surface area contributed by atoms with Crippen LogP contribution < -0.4 is 0 Å². The summed E-state index contributed by atoms with van der Waals surface area (Å²) in [4.78, 5) is 23.2. The molecule has 18 heavy (non-hydrogen) atoms. The number of aromatic nitrogens is 2. The first kappa shape index (κ1) is 12.6. The van der Waals surface area contributed by atoms with Gasteiger partial charge in [-0.05, 0) is 25.7 Å². The van der Waals surface area contributed by atoms with E-state index in [1.165, 1.54) is 24.2 Å². The summed E-state index contributed by atoms with van der Waals surface area (Å²) in [5.41, 5.74) is 0.353. The molecule has 0 aromatic carbocycles. The third kappa shape index (κ3) is 2.52. The molecule has 1 saturated carbocycles. The van der Waals surface area contributed by atoms with Gasteiger partial charge in [-0.1, -0.05) is 0 Å². The molecule has 0 radical (unpaired) electrons. The number of hydrogen-bond donors (Lipinski definition) is 0. The second-order valence-electron chi connectivity index (χ2n) is 4.23. The van der Waals surface area contributed by atoms with E-state index >= 15 is 0 Å². The third-order valence-corrected chi connectivity index (χ3v) is 2.91. The number of carbonyl (C=O) groups is 2. The molecular weight excluding hydrogens is 236 g/mol. The van der Waals surface area contributed by atoms with E-state index in [1.807, 2.05) is 0 Å². The zero-order valence-electron chi connectivity index (χ0n) is 10.5. The van der Waals surface area contributed by atoms with Crippen LogP contribution >= 0.6 is 0 Å². The predicted molar refractivity (Wildman–Crippen MR) is 62.0 cm³/mol. The van der Waals surface area contributed by atoms with Crippen molar-refractivity contribution < 1.29 is 19.1 Å². The number of rotatable bonds is 5. The van der Waals surface area contributed by atoms with Crippen molar-refractivity contribution in [3.63, 3.8) is 0 Å². The first-order valence-corrected chi connectivity index (χ1v) is 5.96. The lowest BCUT2D eigenvalue weighted by molar-refractivity contribution is -0.145. The van der Waals surface area contributed by atoms with E-state index in [1.54, 1.807) is 6.92 Å². The topological polar surface area (TPSA) is 70.4 Å². The number of hydrogen-bond acceptors (Lipinski definition) is 5. The molecule has 1 aromatic rings. The van der Waals surface area contributed by atoms with Gasteiger partial charge in [0.1, 0.15) is 0 Å². The van der Waals surface area contributed by atoms with Crippen LogP contribution in [0.1, 0.15) is 36.2 Å². The first-order valence-electron chi connectivity index (χ1n) is 5.96. The third-order valence-electron chi connectivity index (χ3n) is 2.91. The van der Waals surface area contributed by atoms with Gasteiger partial charge in [0.15, 0.2) is 6.04 Å². The minimum Gasteiger partial charge on any atom is -0.467 e. The molecule has 1 aromatic heterocycles. The zero-order chi connectivity index (χ0) is 13.1. The Labute approximate surface area is 105 Å². The Kier molecular flexibility index (Phi) is 3.64. The Bertz CT molecular complexity index is 451. The maximum absolute atomic E-state index is 11.7. The summed E-state index contributed by atoms with van der Waals surface area (Å²) in [7, 11) is 1.35. The highest BCUT2D eigenvalue weighted by Crippen LogP contribution is 2.40. The van der Waals surface area contributed by atoms with Crippen molar-refractivity contribution in [3.05, 3.63) is 18.0 Å². The van der Waals surface area contributed by atoms with Gasteiger partial charge in [-0.3, -0.25) is 4.68 Å². The molecule has 0 aliphatic heterocycles. The second kappa shape index (κ2) is 5.20. The highest BCUT2D eigenvalue weighted by molar-refractivity contribution is 5.88. The molecule has 1 aliphatic rings.